The maximum absolute atomic E-state index is 13.4. The third kappa shape index (κ3) is 2.14. The minimum atomic E-state index is -1.61. The van der Waals surface area contributed by atoms with Crippen LogP contribution >= 0.6 is 0 Å². The van der Waals surface area contributed by atoms with Crippen molar-refractivity contribution in [3.05, 3.63) is 35.1 Å². The first kappa shape index (κ1) is 13.1. The van der Waals surface area contributed by atoms with Crippen LogP contribution in [0.2, 0.25) is 0 Å². The molecule has 0 heterocycles. The number of Topliss-reactive ketones (excluding diaryl/α,β-unsaturated/α-hetero) is 1. The fourth-order valence-electron chi connectivity index (χ4n) is 2.15. The van der Waals surface area contributed by atoms with Crippen LogP contribution in [0.15, 0.2) is 12.1 Å². The minimum Gasteiger partial charge on any atom is -0.378 e. The number of hydrogen-bond donors (Lipinski definition) is 0. The molecule has 2 nitrogen and oxygen atoms in total. The topological polar surface area (TPSA) is 26.3 Å². The Morgan fingerprint density at radius 2 is 1.94 bits per heavy atom. The van der Waals surface area contributed by atoms with E-state index in [1.807, 2.05) is 0 Å². The van der Waals surface area contributed by atoms with Crippen LogP contribution < -0.4 is 0 Å². The maximum atomic E-state index is 13.4. The van der Waals surface area contributed by atoms with E-state index in [2.05, 4.69) is 0 Å². The van der Waals surface area contributed by atoms with E-state index in [1.54, 1.807) is 0 Å². The van der Waals surface area contributed by atoms with Crippen LogP contribution in [-0.4, -0.2) is 18.5 Å². The van der Waals surface area contributed by atoms with Gasteiger partial charge in [-0.3, -0.25) is 4.79 Å². The molecule has 1 saturated carbocycles. The monoisotopic (exact) mass is 258 g/mol. The van der Waals surface area contributed by atoms with Gasteiger partial charge in [-0.15, -0.1) is 0 Å². The van der Waals surface area contributed by atoms with Crippen LogP contribution in [0.25, 0.3) is 0 Å². The van der Waals surface area contributed by atoms with E-state index in [1.165, 1.54) is 7.11 Å². The van der Waals surface area contributed by atoms with Gasteiger partial charge in [-0.2, -0.15) is 0 Å². The number of benzene rings is 1. The third-order valence-electron chi connectivity index (χ3n) is 3.52. The Kier molecular flexibility index (Phi) is 3.43. The summed E-state index contributed by atoms with van der Waals surface area (Å²) in [5, 5.41) is 0. The molecule has 1 aromatic carbocycles. The normalized spacial score (nSPS) is 17.3. The van der Waals surface area contributed by atoms with Crippen molar-refractivity contribution in [3.8, 4) is 0 Å². The van der Waals surface area contributed by atoms with Crippen molar-refractivity contribution in [2.24, 2.45) is 0 Å². The van der Waals surface area contributed by atoms with Crippen molar-refractivity contribution < 1.29 is 22.7 Å². The van der Waals surface area contributed by atoms with Crippen molar-refractivity contribution in [2.45, 2.75) is 31.3 Å². The zero-order valence-corrected chi connectivity index (χ0v) is 9.93. The molecule has 0 radical (unpaired) electrons. The Morgan fingerprint density at radius 3 is 2.44 bits per heavy atom. The van der Waals surface area contributed by atoms with Gasteiger partial charge in [0.1, 0.15) is 0 Å². The van der Waals surface area contributed by atoms with Crippen LogP contribution in [-0.2, 0) is 4.74 Å². The van der Waals surface area contributed by atoms with Crippen molar-refractivity contribution in [1.82, 2.24) is 0 Å². The quantitative estimate of drug-likeness (QED) is 0.612. The largest absolute Gasteiger partial charge is 0.378 e. The maximum Gasteiger partial charge on any atom is 0.195 e. The number of carbonyl (C=O) groups excluding carboxylic acids is 1. The predicted octanol–water partition coefficient (Wildman–Crippen LogP) is 3.25. The Balaban J connectivity index is 2.22. The first-order chi connectivity index (χ1) is 8.49. The molecule has 0 N–H and O–H groups in total. The summed E-state index contributed by atoms with van der Waals surface area (Å²) in [6.07, 6.45) is 2.38. The zero-order chi connectivity index (χ0) is 13.3. The third-order valence-corrected chi connectivity index (χ3v) is 3.52. The van der Waals surface area contributed by atoms with Crippen LogP contribution in [0.5, 0.6) is 0 Å². The number of hydrogen-bond acceptors (Lipinski definition) is 2. The fourth-order valence-corrected chi connectivity index (χ4v) is 2.15. The lowest BCUT2D eigenvalue weighted by Crippen LogP contribution is -2.41. The van der Waals surface area contributed by atoms with Gasteiger partial charge in [0.15, 0.2) is 23.2 Å². The smallest absolute Gasteiger partial charge is 0.195 e. The molecule has 0 saturated heterocycles. The number of carbonyl (C=O) groups is 1. The lowest BCUT2D eigenvalue weighted by Gasteiger charge is -2.40. The molecule has 5 heteroatoms. The highest BCUT2D eigenvalue weighted by Gasteiger charge is 2.39. The van der Waals surface area contributed by atoms with Crippen molar-refractivity contribution in [3.63, 3.8) is 0 Å². The molecule has 1 aliphatic rings. The van der Waals surface area contributed by atoms with Gasteiger partial charge in [-0.05, 0) is 31.4 Å². The molecule has 1 fully saturated rings. The standard InChI is InChI=1S/C13H13F3O2/c1-18-13(5-2-6-13)7-10(17)8-3-4-9(14)12(16)11(8)15/h3-4H,2,5-7H2,1H3. The second-order valence-electron chi connectivity index (χ2n) is 4.56. The summed E-state index contributed by atoms with van der Waals surface area (Å²) >= 11 is 0. The van der Waals surface area contributed by atoms with Crippen LogP contribution in [0, 0.1) is 17.5 Å². The van der Waals surface area contributed by atoms with Crippen LogP contribution in [0.3, 0.4) is 0 Å². The Hall–Kier alpha value is -1.36. The van der Waals surface area contributed by atoms with Crippen LogP contribution in [0.4, 0.5) is 13.2 Å². The number of methoxy groups -OCH3 is 1. The van der Waals surface area contributed by atoms with E-state index in [-0.39, 0.29) is 6.42 Å². The minimum absolute atomic E-state index is 0.00844. The van der Waals surface area contributed by atoms with Gasteiger partial charge < -0.3 is 4.74 Å². The number of ketones is 1. The Bertz CT molecular complexity index is 476. The molecule has 0 spiro atoms. The fraction of sp³-hybridized carbons (Fsp3) is 0.462. The Morgan fingerprint density at radius 1 is 1.28 bits per heavy atom. The van der Waals surface area contributed by atoms with E-state index in [4.69, 9.17) is 4.74 Å². The van der Waals surface area contributed by atoms with E-state index >= 15 is 0 Å². The van der Waals surface area contributed by atoms with Gasteiger partial charge in [-0.25, -0.2) is 13.2 Å². The van der Waals surface area contributed by atoms with E-state index in [0.29, 0.717) is 0 Å². The van der Waals surface area contributed by atoms with Crippen molar-refractivity contribution in [1.29, 1.82) is 0 Å². The molecule has 0 bridgehead atoms. The van der Waals surface area contributed by atoms with E-state index < -0.39 is 34.4 Å². The zero-order valence-electron chi connectivity index (χ0n) is 9.93. The average Bonchev–Trinajstić information content (AvgIpc) is 2.31. The van der Waals surface area contributed by atoms with Gasteiger partial charge in [0.05, 0.1) is 11.2 Å². The van der Waals surface area contributed by atoms with Crippen LogP contribution in [0.1, 0.15) is 36.0 Å². The van der Waals surface area contributed by atoms with Gasteiger partial charge in [0.25, 0.3) is 0 Å². The molecular weight excluding hydrogens is 245 g/mol. The summed E-state index contributed by atoms with van der Waals surface area (Å²) < 4.78 is 44.5. The molecule has 0 amide bonds. The molecule has 0 aromatic heterocycles. The number of rotatable bonds is 4. The first-order valence-corrected chi connectivity index (χ1v) is 5.71. The van der Waals surface area contributed by atoms with Crippen molar-refractivity contribution in [2.75, 3.05) is 7.11 Å². The van der Waals surface area contributed by atoms with Crippen molar-refractivity contribution >= 4 is 5.78 Å². The number of halogens is 3. The highest BCUT2D eigenvalue weighted by Crippen LogP contribution is 2.39. The summed E-state index contributed by atoms with van der Waals surface area (Å²) in [7, 11) is 1.49. The second kappa shape index (κ2) is 4.72. The molecule has 2 rings (SSSR count). The van der Waals surface area contributed by atoms with Gasteiger partial charge in [0, 0.05) is 13.5 Å². The summed E-state index contributed by atoms with van der Waals surface area (Å²) in [6, 6.07) is 1.73. The molecule has 0 aliphatic heterocycles. The molecule has 98 valence electrons. The molecular formula is C13H13F3O2. The highest BCUT2D eigenvalue weighted by atomic mass is 19.2. The van der Waals surface area contributed by atoms with Gasteiger partial charge >= 0.3 is 0 Å². The molecule has 1 aromatic rings. The van der Waals surface area contributed by atoms with E-state index in [0.717, 1.165) is 31.4 Å². The molecule has 18 heavy (non-hydrogen) atoms. The first-order valence-electron chi connectivity index (χ1n) is 5.71. The Labute approximate surface area is 103 Å². The summed E-state index contributed by atoms with van der Waals surface area (Å²) in [6.45, 7) is 0. The predicted molar refractivity (Wildman–Crippen MR) is 58.9 cm³/mol. The summed E-state index contributed by atoms with van der Waals surface area (Å²) in [5.74, 6) is -4.89. The summed E-state index contributed by atoms with van der Waals surface area (Å²) in [4.78, 5) is 11.9. The second-order valence-corrected chi connectivity index (χ2v) is 4.56. The molecule has 1 aliphatic carbocycles. The summed E-state index contributed by atoms with van der Waals surface area (Å²) in [5.41, 5.74) is -0.980. The number of ether oxygens (including phenoxy) is 1. The van der Waals surface area contributed by atoms with E-state index in [9.17, 15) is 18.0 Å². The highest BCUT2D eigenvalue weighted by molar-refractivity contribution is 5.97. The SMILES string of the molecule is COC1(CC(=O)c2ccc(F)c(F)c2F)CCC1. The molecule has 0 unspecified atom stereocenters. The van der Waals surface area contributed by atoms with Gasteiger partial charge in [-0.1, -0.05) is 0 Å². The van der Waals surface area contributed by atoms with Gasteiger partial charge in [0.2, 0.25) is 0 Å². The average molecular weight is 258 g/mol. The lowest BCUT2D eigenvalue weighted by atomic mass is 9.76. The molecule has 0 atom stereocenters. The lowest BCUT2D eigenvalue weighted by molar-refractivity contribution is -0.0705.